The van der Waals surface area contributed by atoms with Crippen LogP contribution in [-0.4, -0.2) is 26.5 Å². The molecular formula is C12H10N2O7. The maximum atomic E-state index is 11.3. The molecule has 0 aliphatic carbocycles. The second kappa shape index (κ2) is 5.90. The van der Waals surface area contributed by atoms with Crippen molar-refractivity contribution >= 4 is 28.7 Å². The highest BCUT2D eigenvalue weighted by Crippen LogP contribution is 2.30. The third kappa shape index (κ3) is 3.26. The zero-order valence-electron chi connectivity index (χ0n) is 11.0. The number of nitrogens with zero attached hydrogens (tertiary/aromatic N) is 2. The Balaban J connectivity index is 3.66. The van der Waals surface area contributed by atoms with Crippen molar-refractivity contribution in [3.05, 3.63) is 49.6 Å². The highest BCUT2D eigenvalue weighted by atomic mass is 16.6. The summed E-state index contributed by atoms with van der Waals surface area (Å²) < 4.78 is 0. The Morgan fingerprint density at radius 1 is 1.05 bits per heavy atom. The highest BCUT2D eigenvalue weighted by Gasteiger charge is 2.26. The van der Waals surface area contributed by atoms with E-state index in [2.05, 4.69) is 0 Å². The molecule has 1 aromatic carbocycles. The van der Waals surface area contributed by atoms with Crippen molar-refractivity contribution < 1.29 is 24.5 Å². The molecule has 1 N–H and O–H groups in total. The molecule has 0 aliphatic rings. The zero-order valence-corrected chi connectivity index (χ0v) is 11.0. The van der Waals surface area contributed by atoms with Crippen molar-refractivity contribution in [2.75, 3.05) is 0 Å². The third-order valence-electron chi connectivity index (χ3n) is 2.58. The van der Waals surface area contributed by atoms with Gasteiger partial charge in [0.05, 0.1) is 21.5 Å². The first kappa shape index (κ1) is 16.0. The summed E-state index contributed by atoms with van der Waals surface area (Å²) in [5, 5.41) is 31.5. The number of rotatable bonds is 5. The van der Waals surface area contributed by atoms with E-state index in [4.69, 9.17) is 0 Å². The topological polar surface area (TPSA) is 141 Å². The first-order valence-electron chi connectivity index (χ1n) is 5.55. The maximum absolute atomic E-state index is 11.3. The van der Waals surface area contributed by atoms with Crippen LogP contribution in [0.25, 0.3) is 5.76 Å². The average Bonchev–Trinajstić information content (AvgIpc) is 2.36. The van der Waals surface area contributed by atoms with Crippen molar-refractivity contribution in [3.63, 3.8) is 0 Å². The fourth-order valence-corrected chi connectivity index (χ4v) is 1.70. The van der Waals surface area contributed by atoms with E-state index in [1.165, 1.54) is 0 Å². The largest absolute Gasteiger partial charge is 0.506 e. The first-order valence-corrected chi connectivity index (χ1v) is 5.55. The molecule has 0 radical (unpaired) electrons. The van der Waals surface area contributed by atoms with Crippen molar-refractivity contribution in [2.24, 2.45) is 0 Å². The minimum atomic E-state index is -0.948. The number of nitro groups is 2. The zero-order chi connectivity index (χ0) is 16.3. The van der Waals surface area contributed by atoms with Crippen LogP contribution in [0.2, 0.25) is 0 Å². The van der Waals surface area contributed by atoms with Crippen LogP contribution >= 0.6 is 0 Å². The van der Waals surface area contributed by atoms with Gasteiger partial charge >= 0.3 is 0 Å². The molecule has 21 heavy (non-hydrogen) atoms. The van der Waals surface area contributed by atoms with Gasteiger partial charge in [0, 0.05) is 6.07 Å². The van der Waals surface area contributed by atoms with Gasteiger partial charge in [0.2, 0.25) is 0 Å². The molecule has 0 bridgehead atoms. The SMILES string of the molecule is CC(=O)C(C(C)=O)=C(O)c1ccc([N+](=O)[O-])cc1[N+](=O)[O-]. The second-order valence-electron chi connectivity index (χ2n) is 4.05. The number of benzene rings is 1. The molecule has 1 aromatic rings. The summed E-state index contributed by atoms with van der Waals surface area (Å²) in [4.78, 5) is 42.4. The smallest absolute Gasteiger partial charge is 0.287 e. The lowest BCUT2D eigenvalue weighted by Gasteiger charge is -2.06. The summed E-state index contributed by atoms with van der Waals surface area (Å²) >= 11 is 0. The average molecular weight is 294 g/mol. The third-order valence-corrected chi connectivity index (χ3v) is 2.58. The van der Waals surface area contributed by atoms with Gasteiger partial charge < -0.3 is 5.11 Å². The number of Topliss-reactive ketones (excluding diaryl/α,β-unsaturated/α-hetero) is 2. The minimum absolute atomic E-state index is 0.439. The molecule has 0 unspecified atom stereocenters. The molecule has 0 atom stereocenters. The summed E-state index contributed by atoms with van der Waals surface area (Å²) in [6.07, 6.45) is 0. The van der Waals surface area contributed by atoms with E-state index in [1.54, 1.807) is 0 Å². The number of allylic oxidation sites excluding steroid dienone is 1. The normalized spacial score (nSPS) is 9.81. The molecule has 110 valence electrons. The fourth-order valence-electron chi connectivity index (χ4n) is 1.70. The Morgan fingerprint density at radius 3 is 1.95 bits per heavy atom. The molecule has 0 spiro atoms. The molecule has 0 aromatic heterocycles. The summed E-state index contributed by atoms with van der Waals surface area (Å²) in [5.41, 5.74) is -2.37. The number of ketones is 2. The van der Waals surface area contributed by atoms with E-state index >= 15 is 0 Å². The monoisotopic (exact) mass is 294 g/mol. The molecule has 0 heterocycles. The molecule has 0 saturated carbocycles. The van der Waals surface area contributed by atoms with Gasteiger partial charge in [-0.25, -0.2) is 0 Å². The lowest BCUT2D eigenvalue weighted by molar-refractivity contribution is -0.394. The summed E-state index contributed by atoms with van der Waals surface area (Å²) in [6.45, 7) is 2.04. The summed E-state index contributed by atoms with van der Waals surface area (Å²) in [5.74, 6) is -2.42. The molecule has 9 heteroatoms. The van der Waals surface area contributed by atoms with Gasteiger partial charge in [-0.1, -0.05) is 0 Å². The summed E-state index contributed by atoms with van der Waals surface area (Å²) in [7, 11) is 0. The van der Waals surface area contributed by atoms with E-state index in [0.29, 0.717) is 6.07 Å². The Labute approximate surface area is 117 Å². The van der Waals surface area contributed by atoms with Crippen LogP contribution in [0.4, 0.5) is 11.4 Å². The van der Waals surface area contributed by atoms with Crippen LogP contribution in [-0.2, 0) is 9.59 Å². The molecule has 1 rings (SSSR count). The number of carbonyl (C=O) groups is 2. The van der Waals surface area contributed by atoms with Gasteiger partial charge in [-0.2, -0.15) is 0 Å². The van der Waals surface area contributed by atoms with Gasteiger partial charge in [-0.15, -0.1) is 0 Å². The number of hydrogen-bond acceptors (Lipinski definition) is 7. The Hall–Kier alpha value is -3.10. The summed E-state index contributed by atoms with van der Waals surface area (Å²) in [6, 6.07) is 2.48. The Bertz CT molecular complexity index is 675. The van der Waals surface area contributed by atoms with Crippen LogP contribution in [0.5, 0.6) is 0 Å². The van der Waals surface area contributed by atoms with Crippen molar-refractivity contribution in [2.45, 2.75) is 13.8 Å². The van der Waals surface area contributed by atoms with Crippen molar-refractivity contribution in [1.82, 2.24) is 0 Å². The van der Waals surface area contributed by atoms with Gasteiger partial charge in [0.1, 0.15) is 11.3 Å². The van der Waals surface area contributed by atoms with Crippen LogP contribution in [0.15, 0.2) is 23.8 Å². The standard InChI is InChI=1S/C12H10N2O7/c1-6(15)11(7(2)16)12(17)9-4-3-8(13(18)19)5-10(9)14(20)21/h3-5,17H,1-2H3. The first-order chi connectivity index (χ1) is 9.66. The molecular weight excluding hydrogens is 284 g/mol. The molecule has 0 saturated heterocycles. The lowest BCUT2D eigenvalue weighted by atomic mass is 10.0. The van der Waals surface area contributed by atoms with Gasteiger partial charge in [-0.3, -0.25) is 29.8 Å². The number of hydrogen-bond donors (Lipinski definition) is 1. The van der Waals surface area contributed by atoms with E-state index in [9.17, 15) is 34.9 Å². The maximum Gasteiger partial charge on any atom is 0.287 e. The van der Waals surface area contributed by atoms with Crippen LogP contribution in [0.1, 0.15) is 19.4 Å². The van der Waals surface area contributed by atoms with Gasteiger partial charge in [0.25, 0.3) is 11.4 Å². The molecule has 9 nitrogen and oxygen atoms in total. The van der Waals surface area contributed by atoms with Crippen molar-refractivity contribution in [3.8, 4) is 0 Å². The number of nitro benzene ring substituents is 2. The minimum Gasteiger partial charge on any atom is -0.506 e. The van der Waals surface area contributed by atoms with E-state index < -0.39 is 49.7 Å². The Morgan fingerprint density at radius 2 is 1.57 bits per heavy atom. The van der Waals surface area contributed by atoms with Gasteiger partial charge in [0.15, 0.2) is 11.6 Å². The van der Waals surface area contributed by atoms with Crippen LogP contribution < -0.4 is 0 Å². The Kier molecular flexibility index (Phi) is 4.49. The van der Waals surface area contributed by atoms with E-state index in [1.807, 2.05) is 0 Å². The fraction of sp³-hybridized carbons (Fsp3) is 0.167. The van der Waals surface area contributed by atoms with E-state index in [-0.39, 0.29) is 0 Å². The number of aliphatic hydroxyl groups excluding tert-OH is 1. The number of non-ortho nitro benzene ring substituents is 1. The molecule has 0 amide bonds. The molecule has 0 fully saturated rings. The molecule has 0 aliphatic heterocycles. The lowest BCUT2D eigenvalue weighted by Crippen LogP contribution is -2.10. The van der Waals surface area contributed by atoms with Crippen molar-refractivity contribution in [1.29, 1.82) is 0 Å². The quantitative estimate of drug-likeness (QED) is 0.218. The van der Waals surface area contributed by atoms with E-state index in [0.717, 1.165) is 26.0 Å². The predicted octanol–water partition coefficient (Wildman–Crippen LogP) is 1.95. The second-order valence-corrected chi connectivity index (χ2v) is 4.05. The van der Waals surface area contributed by atoms with Gasteiger partial charge in [-0.05, 0) is 19.9 Å². The number of aliphatic hydroxyl groups is 1. The van der Waals surface area contributed by atoms with Crippen LogP contribution in [0.3, 0.4) is 0 Å². The predicted molar refractivity (Wildman–Crippen MR) is 70.7 cm³/mol. The van der Waals surface area contributed by atoms with Crippen LogP contribution in [0, 0.1) is 20.2 Å². The highest BCUT2D eigenvalue weighted by molar-refractivity contribution is 6.23. The number of carbonyl (C=O) groups excluding carboxylic acids is 2.